The lowest BCUT2D eigenvalue weighted by molar-refractivity contribution is -0.120. The Morgan fingerprint density at radius 2 is 1.84 bits per heavy atom. The second-order valence-corrected chi connectivity index (χ2v) is 5.94. The van der Waals surface area contributed by atoms with Crippen LogP contribution >= 0.6 is 0 Å². The minimum atomic E-state index is -3.16. The van der Waals surface area contributed by atoms with Gasteiger partial charge in [-0.15, -0.1) is 0 Å². The molecule has 0 heterocycles. The first-order valence-corrected chi connectivity index (χ1v) is 7.82. The summed E-state index contributed by atoms with van der Waals surface area (Å²) in [7, 11) is -3.16. The lowest BCUT2D eigenvalue weighted by atomic mass is 10.2. The van der Waals surface area contributed by atoms with E-state index in [1.165, 1.54) is 0 Å². The molecule has 0 bridgehead atoms. The summed E-state index contributed by atoms with van der Waals surface area (Å²) in [4.78, 5) is 11.5. The van der Waals surface area contributed by atoms with Crippen LogP contribution in [0.4, 0.5) is 0 Å². The number of hydrogen-bond acceptors (Lipinski definition) is 4. The molecule has 1 amide bonds. The molecule has 7 heteroatoms. The molecule has 0 unspecified atom stereocenters. The third-order valence-corrected chi connectivity index (χ3v) is 3.01. The van der Waals surface area contributed by atoms with Crippen LogP contribution in [0.5, 0.6) is 0 Å². The Bertz CT molecular complexity index is 488. The van der Waals surface area contributed by atoms with Gasteiger partial charge in [0.05, 0.1) is 12.8 Å². The number of hydrogen-bond donors (Lipinski definition) is 3. The number of carbonyl (C=O) groups is 1. The molecule has 0 atom stereocenters. The van der Waals surface area contributed by atoms with Gasteiger partial charge in [-0.3, -0.25) is 4.79 Å². The highest BCUT2D eigenvalue weighted by Crippen LogP contribution is 1.96. The van der Waals surface area contributed by atoms with Crippen LogP contribution < -0.4 is 15.4 Å². The molecule has 6 nitrogen and oxygen atoms in total. The SMILES string of the molecule is CS(=O)(=O)NCCNCC(=O)NCc1ccccc1. The molecule has 19 heavy (non-hydrogen) atoms. The Balaban J connectivity index is 2.09. The predicted octanol–water partition coefficient (Wildman–Crippen LogP) is -0.558. The van der Waals surface area contributed by atoms with Crippen molar-refractivity contribution >= 4 is 15.9 Å². The van der Waals surface area contributed by atoms with E-state index in [1.807, 2.05) is 30.3 Å². The summed E-state index contributed by atoms with van der Waals surface area (Å²) in [5, 5.41) is 5.62. The first kappa shape index (κ1) is 15.6. The van der Waals surface area contributed by atoms with Crippen LogP contribution in [0.2, 0.25) is 0 Å². The van der Waals surface area contributed by atoms with Crippen molar-refractivity contribution in [2.24, 2.45) is 0 Å². The van der Waals surface area contributed by atoms with Gasteiger partial charge in [-0.2, -0.15) is 0 Å². The van der Waals surface area contributed by atoms with E-state index >= 15 is 0 Å². The zero-order valence-corrected chi connectivity index (χ0v) is 11.7. The van der Waals surface area contributed by atoms with Gasteiger partial charge in [0.1, 0.15) is 0 Å². The van der Waals surface area contributed by atoms with Crippen LogP contribution in [0.1, 0.15) is 5.56 Å². The summed E-state index contributed by atoms with van der Waals surface area (Å²) < 4.78 is 23.9. The van der Waals surface area contributed by atoms with Gasteiger partial charge in [0.2, 0.25) is 15.9 Å². The maximum Gasteiger partial charge on any atom is 0.234 e. The third-order valence-electron chi connectivity index (χ3n) is 2.28. The molecule has 0 aliphatic rings. The number of sulfonamides is 1. The van der Waals surface area contributed by atoms with Gasteiger partial charge in [0.15, 0.2) is 0 Å². The average Bonchev–Trinajstić information content (AvgIpc) is 2.36. The zero-order valence-electron chi connectivity index (χ0n) is 10.8. The minimum absolute atomic E-state index is 0.122. The van der Waals surface area contributed by atoms with E-state index in [2.05, 4.69) is 15.4 Å². The van der Waals surface area contributed by atoms with E-state index in [1.54, 1.807) is 0 Å². The molecular weight excluding hydrogens is 266 g/mol. The summed E-state index contributed by atoms with van der Waals surface area (Å²) in [6, 6.07) is 9.61. The van der Waals surface area contributed by atoms with Gasteiger partial charge in [-0.25, -0.2) is 13.1 Å². The van der Waals surface area contributed by atoms with Crippen molar-refractivity contribution < 1.29 is 13.2 Å². The molecule has 0 aromatic heterocycles. The summed E-state index contributed by atoms with van der Waals surface area (Å²) >= 11 is 0. The second-order valence-electron chi connectivity index (χ2n) is 4.11. The number of carbonyl (C=O) groups excluding carboxylic acids is 1. The topological polar surface area (TPSA) is 87.3 Å². The largest absolute Gasteiger partial charge is 0.351 e. The number of nitrogens with one attached hydrogen (secondary N) is 3. The molecule has 3 N–H and O–H groups in total. The van der Waals surface area contributed by atoms with Crippen molar-refractivity contribution in [3.05, 3.63) is 35.9 Å². The zero-order chi connectivity index (χ0) is 14.1. The quantitative estimate of drug-likeness (QED) is 0.559. The molecule has 0 saturated heterocycles. The van der Waals surface area contributed by atoms with Crippen molar-refractivity contribution in [1.29, 1.82) is 0 Å². The maximum atomic E-state index is 11.5. The maximum absolute atomic E-state index is 11.5. The average molecular weight is 285 g/mol. The molecule has 0 radical (unpaired) electrons. The smallest absolute Gasteiger partial charge is 0.234 e. The van der Waals surface area contributed by atoms with E-state index in [4.69, 9.17) is 0 Å². The van der Waals surface area contributed by atoms with Crippen LogP contribution in [0.25, 0.3) is 0 Å². The molecule has 106 valence electrons. The molecule has 0 fully saturated rings. The van der Waals surface area contributed by atoms with Gasteiger partial charge in [0, 0.05) is 19.6 Å². The van der Waals surface area contributed by atoms with Crippen molar-refractivity contribution in [3.63, 3.8) is 0 Å². The third kappa shape index (κ3) is 8.30. The standard InChI is InChI=1S/C12H19N3O3S/c1-19(17,18)15-8-7-13-10-12(16)14-9-11-5-3-2-4-6-11/h2-6,13,15H,7-10H2,1H3,(H,14,16). The van der Waals surface area contributed by atoms with E-state index in [0.717, 1.165) is 11.8 Å². The number of benzene rings is 1. The molecular formula is C12H19N3O3S. The summed E-state index contributed by atoms with van der Waals surface area (Å²) in [6.45, 7) is 1.33. The Morgan fingerprint density at radius 1 is 1.16 bits per heavy atom. The highest BCUT2D eigenvalue weighted by molar-refractivity contribution is 7.88. The minimum Gasteiger partial charge on any atom is -0.351 e. The van der Waals surface area contributed by atoms with Gasteiger partial charge in [-0.1, -0.05) is 30.3 Å². The summed E-state index contributed by atoms with van der Waals surface area (Å²) in [6.07, 6.45) is 1.10. The van der Waals surface area contributed by atoms with E-state index < -0.39 is 10.0 Å². The Labute approximate surface area is 113 Å². The van der Waals surface area contributed by atoms with E-state index in [9.17, 15) is 13.2 Å². The molecule has 0 aliphatic carbocycles. The summed E-state index contributed by atoms with van der Waals surface area (Å²) in [5.74, 6) is -0.122. The summed E-state index contributed by atoms with van der Waals surface area (Å²) in [5.41, 5.74) is 1.04. The van der Waals surface area contributed by atoms with Gasteiger partial charge < -0.3 is 10.6 Å². The highest BCUT2D eigenvalue weighted by Gasteiger charge is 2.01. The van der Waals surface area contributed by atoms with Crippen molar-refractivity contribution in [1.82, 2.24) is 15.4 Å². The fourth-order valence-electron chi connectivity index (χ4n) is 1.39. The van der Waals surface area contributed by atoms with Gasteiger partial charge >= 0.3 is 0 Å². The lowest BCUT2D eigenvalue weighted by Gasteiger charge is -2.07. The van der Waals surface area contributed by atoms with Crippen molar-refractivity contribution in [3.8, 4) is 0 Å². The van der Waals surface area contributed by atoms with E-state index in [-0.39, 0.29) is 19.0 Å². The Kier molecular flexibility index (Phi) is 6.48. The fraction of sp³-hybridized carbons (Fsp3) is 0.417. The molecule has 1 aromatic carbocycles. The number of rotatable bonds is 8. The van der Waals surface area contributed by atoms with Gasteiger partial charge in [0.25, 0.3) is 0 Å². The fourth-order valence-corrected chi connectivity index (χ4v) is 1.86. The molecule has 1 aromatic rings. The normalized spacial score (nSPS) is 11.2. The van der Waals surface area contributed by atoms with Crippen molar-refractivity contribution in [2.45, 2.75) is 6.54 Å². The Hall–Kier alpha value is -1.44. The molecule has 0 saturated carbocycles. The van der Waals surface area contributed by atoms with Crippen molar-refractivity contribution in [2.75, 3.05) is 25.9 Å². The first-order chi connectivity index (χ1) is 8.97. The molecule has 0 aliphatic heterocycles. The van der Waals surface area contributed by atoms with Crippen LogP contribution in [-0.2, 0) is 21.4 Å². The highest BCUT2D eigenvalue weighted by atomic mass is 32.2. The second kappa shape index (κ2) is 7.88. The molecule has 0 spiro atoms. The monoisotopic (exact) mass is 285 g/mol. The van der Waals surface area contributed by atoms with Crippen LogP contribution in [0.15, 0.2) is 30.3 Å². The van der Waals surface area contributed by atoms with Crippen LogP contribution in [0, 0.1) is 0 Å². The van der Waals surface area contributed by atoms with Crippen LogP contribution in [0.3, 0.4) is 0 Å². The number of amides is 1. The lowest BCUT2D eigenvalue weighted by Crippen LogP contribution is -2.37. The van der Waals surface area contributed by atoms with Crippen LogP contribution in [-0.4, -0.2) is 40.2 Å². The molecule has 1 rings (SSSR count). The predicted molar refractivity (Wildman–Crippen MR) is 74.0 cm³/mol. The van der Waals surface area contributed by atoms with E-state index in [0.29, 0.717) is 13.1 Å². The Morgan fingerprint density at radius 3 is 2.47 bits per heavy atom. The first-order valence-electron chi connectivity index (χ1n) is 5.93. The van der Waals surface area contributed by atoms with Gasteiger partial charge in [-0.05, 0) is 5.56 Å².